The van der Waals surface area contributed by atoms with Gasteiger partial charge in [0.1, 0.15) is 5.75 Å². The van der Waals surface area contributed by atoms with Gasteiger partial charge in [0.15, 0.2) is 6.61 Å². The molecule has 1 N–H and O–H groups in total. The largest absolute Gasteiger partial charge is 0.497 e. The molecule has 0 fully saturated rings. The number of hydrogen-bond donors (Lipinski definition) is 1. The van der Waals surface area contributed by atoms with E-state index < -0.39 is 0 Å². The van der Waals surface area contributed by atoms with E-state index in [2.05, 4.69) is 10.4 Å². The number of nitrogens with one attached hydrogen (secondary N) is 1. The number of carbonyl (C=O) groups excluding carboxylic acids is 1. The lowest BCUT2D eigenvalue weighted by molar-refractivity contribution is -0.123. The number of rotatable bonds is 6. The summed E-state index contributed by atoms with van der Waals surface area (Å²) in [4.78, 5) is 11.6. The molecule has 2 rings (SSSR count). The molecule has 0 aliphatic rings. The highest BCUT2D eigenvalue weighted by molar-refractivity contribution is 5.77. The minimum atomic E-state index is -0.196. The Morgan fingerprint density at radius 3 is 2.95 bits per heavy atom. The van der Waals surface area contributed by atoms with Gasteiger partial charge in [-0.05, 0) is 17.7 Å². The zero-order valence-electron chi connectivity index (χ0n) is 11.5. The fourth-order valence-corrected chi connectivity index (χ4v) is 1.64. The van der Waals surface area contributed by atoms with Crippen LogP contribution in [0.3, 0.4) is 0 Å². The van der Waals surface area contributed by atoms with Crippen LogP contribution in [0.2, 0.25) is 0 Å². The van der Waals surface area contributed by atoms with Crippen molar-refractivity contribution in [1.29, 1.82) is 0 Å². The maximum atomic E-state index is 11.6. The molecular weight excluding hydrogens is 258 g/mol. The molecule has 2 aromatic rings. The lowest BCUT2D eigenvalue weighted by Gasteiger charge is -2.07. The number of aryl methyl sites for hydroxylation is 1. The predicted octanol–water partition coefficient (Wildman–Crippen LogP) is 1.12. The molecule has 0 spiro atoms. The van der Waals surface area contributed by atoms with Gasteiger partial charge in [-0.15, -0.1) is 5.10 Å². The lowest BCUT2D eigenvalue weighted by atomic mass is 10.2. The molecule has 106 valence electrons. The zero-order chi connectivity index (χ0) is 14.4. The minimum absolute atomic E-state index is 0.0546. The fraction of sp³-hybridized carbons (Fsp3) is 0.286. The summed E-state index contributed by atoms with van der Waals surface area (Å²) in [6.07, 6.45) is 1.75. The van der Waals surface area contributed by atoms with Gasteiger partial charge >= 0.3 is 0 Å². The first-order chi connectivity index (χ1) is 9.67. The summed E-state index contributed by atoms with van der Waals surface area (Å²) in [6.45, 7) is 0.378. The number of ether oxygens (including phenoxy) is 2. The summed E-state index contributed by atoms with van der Waals surface area (Å²) in [6, 6.07) is 9.23. The Balaban J connectivity index is 1.77. The standard InChI is InChI=1S/C14H17N3O3/c1-17-7-6-14(16-17)20-10-13(18)15-9-11-4-3-5-12(8-11)19-2/h3-8H,9-10H2,1-2H3,(H,15,18). The van der Waals surface area contributed by atoms with Crippen LogP contribution >= 0.6 is 0 Å². The summed E-state index contributed by atoms with van der Waals surface area (Å²) >= 11 is 0. The smallest absolute Gasteiger partial charge is 0.258 e. The third-order valence-electron chi connectivity index (χ3n) is 2.66. The average Bonchev–Trinajstić information content (AvgIpc) is 2.89. The average molecular weight is 275 g/mol. The van der Waals surface area contributed by atoms with E-state index in [0.717, 1.165) is 11.3 Å². The minimum Gasteiger partial charge on any atom is -0.497 e. The van der Waals surface area contributed by atoms with E-state index in [4.69, 9.17) is 9.47 Å². The van der Waals surface area contributed by atoms with Crippen LogP contribution in [0, 0.1) is 0 Å². The third-order valence-corrected chi connectivity index (χ3v) is 2.66. The van der Waals surface area contributed by atoms with Crippen molar-refractivity contribution in [3.63, 3.8) is 0 Å². The first-order valence-corrected chi connectivity index (χ1v) is 6.19. The molecule has 1 aromatic heterocycles. The number of amides is 1. The maximum Gasteiger partial charge on any atom is 0.258 e. The van der Waals surface area contributed by atoms with E-state index in [1.165, 1.54) is 0 Å². The molecule has 0 unspecified atom stereocenters. The van der Waals surface area contributed by atoms with E-state index >= 15 is 0 Å². The van der Waals surface area contributed by atoms with Gasteiger partial charge in [0.2, 0.25) is 5.88 Å². The molecular formula is C14H17N3O3. The van der Waals surface area contributed by atoms with Gasteiger partial charge in [-0.2, -0.15) is 0 Å². The topological polar surface area (TPSA) is 65.4 Å². The third kappa shape index (κ3) is 4.01. The second kappa shape index (κ2) is 6.60. The highest BCUT2D eigenvalue weighted by Gasteiger charge is 2.04. The first-order valence-electron chi connectivity index (χ1n) is 6.19. The highest BCUT2D eigenvalue weighted by Crippen LogP contribution is 2.12. The number of carbonyl (C=O) groups is 1. The van der Waals surface area contributed by atoms with Crippen LogP contribution in [0.25, 0.3) is 0 Å². The zero-order valence-corrected chi connectivity index (χ0v) is 11.5. The second-order valence-corrected chi connectivity index (χ2v) is 4.24. The van der Waals surface area contributed by atoms with Gasteiger partial charge in [0, 0.05) is 25.9 Å². The second-order valence-electron chi connectivity index (χ2n) is 4.24. The van der Waals surface area contributed by atoms with Crippen molar-refractivity contribution in [2.75, 3.05) is 13.7 Å². The summed E-state index contributed by atoms with van der Waals surface area (Å²) < 4.78 is 12.0. The fourth-order valence-electron chi connectivity index (χ4n) is 1.64. The van der Waals surface area contributed by atoms with E-state index in [1.54, 1.807) is 31.1 Å². The van der Waals surface area contributed by atoms with Crippen LogP contribution in [-0.2, 0) is 18.4 Å². The summed E-state index contributed by atoms with van der Waals surface area (Å²) in [7, 11) is 3.40. The Kier molecular flexibility index (Phi) is 4.60. The number of methoxy groups -OCH3 is 1. The van der Waals surface area contributed by atoms with Crippen molar-refractivity contribution < 1.29 is 14.3 Å². The van der Waals surface area contributed by atoms with Gasteiger partial charge in [-0.3, -0.25) is 9.48 Å². The van der Waals surface area contributed by atoms with Gasteiger partial charge in [-0.25, -0.2) is 0 Å². The van der Waals surface area contributed by atoms with Gasteiger partial charge in [0.25, 0.3) is 5.91 Å². The van der Waals surface area contributed by atoms with Crippen molar-refractivity contribution in [2.45, 2.75) is 6.54 Å². The van der Waals surface area contributed by atoms with Crippen LogP contribution in [0.15, 0.2) is 36.5 Å². The Morgan fingerprint density at radius 1 is 1.40 bits per heavy atom. The van der Waals surface area contributed by atoms with Gasteiger partial charge in [0.05, 0.1) is 7.11 Å². The molecule has 20 heavy (non-hydrogen) atoms. The summed E-state index contributed by atoms with van der Waals surface area (Å²) in [5.41, 5.74) is 0.968. The van der Waals surface area contributed by atoms with Crippen molar-refractivity contribution in [3.8, 4) is 11.6 Å². The quantitative estimate of drug-likeness (QED) is 0.858. The molecule has 1 aromatic carbocycles. The highest BCUT2D eigenvalue weighted by atomic mass is 16.5. The van der Waals surface area contributed by atoms with Gasteiger partial charge < -0.3 is 14.8 Å². The van der Waals surface area contributed by atoms with Crippen molar-refractivity contribution in [1.82, 2.24) is 15.1 Å². The summed E-state index contributed by atoms with van der Waals surface area (Å²) in [5, 5.41) is 6.79. The van der Waals surface area contributed by atoms with Crippen LogP contribution in [0.4, 0.5) is 0 Å². The van der Waals surface area contributed by atoms with E-state index in [9.17, 15) is 4.79 Å². The lowest BCUT2D eigenvalue weighted by Crippen LogP contribution is -2.28. The SMILES string of the molecule is COc1cccc(CNC(=O)COc2ccn(C)n2)c1. The Hall–Kier alpha value is -2.50. The van der Waals surface area contributed by atoms with Crippen molar-refractivity contribution in [3.05, 3.63) is 42.1 Å². The van der Waals surface area contributed by atoms with Crippen LogP contribution in [0.5, 0.6) is 11.6 Å². The summed E-state index contributed by atoms with van der Waals surface area (Å²) in [5.74, 6) is 1.00. The molecule has 6 heteroatoms. The van der Waals surface area contributed by atoms with Gasteiger partial charge in [-0.1, -0.05) is 12.1 Å². The van der Waals surface area contributed by atoms with Crippen molar-refractivity contribution in [2.24, 2.45) is 7.05 Å². The Labute approximate surface area is 117 Å². The van der Waals surface area contributed by atoms with Crippen LogP contribution in [-0.4, -0.2) is 29.4 Å². The van der Waals surface area contributed by atoms with Crippen LogP contribution < -0.4 is 14.8 Å². The number of nitrogens with zero attached hydrogens (tertiary/aromatic N) is 2. The molecule has 0 atom stereocenters. The van der Waals surface area contributed by atoms with E-state index in [-0.39, 0.29) is 12.5 Å². The Morgan fingerprint density at radius 2 is 2.25 bits per heavy atom. The normalized spacial score (nSPS) is 10.1. The van der Waals surface area contributed by atoms with E-state index in [1.807, 2.05) is 24.3 Å². The predicted molar refractivity (Wildman–Crippen MR) is 73.5 cm³/mol. The van der Waals surface area contributed by atoms with Crippen molar-refractivity contribution >= 4 is 5.91 Å². The first kappa shape index (κ1) is 13.9. The monoisotopic (exact) mass is 275 g/mol. The molecule has 0 radical (unpaired) electrons. The molecule has 0 saturated heterocycles. The Bertz CT molecular complexity index is 581. The molecule has 1 heterocycles. The molecule has 0 bridgehead atoms. The molecule has 6 nitrogen and oxygen atoms in total. The molecule has 0 aliphatic carbocycles. The molecule has 1 amide bonds. The van der Waals surface area contributed by atoms with Crippen LogP contribution in [0.1, 0.15) is 5.56 Å². The van der Waals surface area contributed by atoms with E-state index in [0.29, 0.717) is 12.4 Å². The maximum absolute atomic E-state index is 11.6. The number of aromatic nitrogens is 2. The molecule has 0 saturated carbocycles. The number of benzene rings is 1. The molecule has 0 aliphatic heterocycles. The number of hydrogen-bond acceptors (Lipinski definition) is 4.